The molecule has 2 aromatic rings. The number of halogens is 5. The van der Waals surface area contributed by atoms with Gasteiger partial charge in [0.25, 0.3) is 11.8 Å². The number of benzene rings is 2. The van der Waals surface area contributed by atoms with Gasteiger partial charge in [-0.15, -0.1) is 0 Å². The van der Waals surface area contributed by atoms with E-state index in [1.54, 1.807) is 49.9 Å². The van der Waals surface area contributed by atoms with Crippen molar-refractivity contribution >= 4 is 33.7 Å². The first-order valence-corrected chi connectivity index (χ1v) is 18.1. The van der Waals surface area contributed by atoms with Gasteiger partial charge in [-0.1, -0.05) is 12.1 Å². The SMILES string of the molecule is Cc1cc(C(=O)N2CCC(C)(O)CC2)cc(C)c1/C=C/S(=O)(=O)N1CCC2(CC1)N=C(c1cccc(OCCCC(F)(F)C(F)(F)F)c1)NC2=O. The highest BCUT2D eigenvalue weighted by Gasteiger charge is 2.56. The number of aryl methyl sites for hydroxylation is 2. The summed E-state index contributed by atoms with van der Waals surface area (Å²) in [5.41, 5.74) is 1.06. The maximum absolute atomic E-state index is 13.3. The molecule has 0 bridgehead atoms. The summed E-state index contributed by atoms with van der Waals surface area (Å²) in [5.74, 6) is -4.95. The molecule has 5 rings (SSSR count). The summed E-state index contributed by atoms with van der Waals surface area (Å²) in [6.45, 7) is 5.93. The van der Waals surface area contributed by atoms with E-state index < -0.39 is 52.0 Å². The van der Waals surface area contributed by atoms with E-state index in [0.717, 1.165) is 16.5 Å². The van der Waals surface area contributed by atoms with E-state index in [1.165, 1.54) is 22.5 Å². The Hall–Kier alpha value is -3.89. The van der Waals surface area contributed by atoms with E-state index in [4.69, 9.17) is 4.74 Å². The van der Waals surface area contributed by atoms with E-state index in [-0.39, 0.29) is 50.0 Å². The average molecular weight is 741 g/mol. The van der Waals surface area contributed by atoms with Crippen molar-refractivity contribution < 1.29 is 49.8 Å². The predicted octanol–water partition coefficient (Wildman–Crippen LogP) is 5.36. The summed E-state index contributed by atoms with van der Waals surface area (Å²) in [6.07, 6.45) is -4.87. The van der Waals surface area contributed by atoms with Gasteiger partial charge in [0.15, 0.2) is 0 Å². The summed E-state index contributed by atoms with van der Waals surface area (Å²) in [6, 6.07) is 9.62. The second-order valence-corrected chi connectivity index (χ2v) is 15.5. The van der Waals surface area contributed by atoms with Gasteiger partial charge in [-0.25, -0.2) is 8.42 Å². The Morgan fingerprint density at radius 3 is 2.25 bits per heavy atom. The molecule has 16 heteroatoms. The van der Waals surface area contributed by atoms with Crippen LogP contribution in [0.4, 0.5) is 22.0 Å². The number of hydrogen-bond donors (Lipinski definition) is 2. The minimum atomic E-state index is -5.63. The Kier molecular flexibility index (Phi) is 10.7. The van der Waals surface area contributed by atoms with Gasteiger partial charge in [-0.2, -0.15) is 26.3 Å². The van der Waals surface area contributed by atoms with Crippen LogP contribution in [0.1, 0.15) is 78.1 Å². The number of rotatable bonds is 10. The number of amides is 2. The van der Waals surface area contributed by atoms with Crippen LogP contribution in [0.2, 0.25) is 0 Å². The number of aliphatic imine (C=N–C) groups is 1. The van der Waals surface area contributed by atoms with Crippen LogP contribution in [0, 0.1) is 13.8 Å². The van der Waals surface area contributed by atoms with Crippen molar-refractivity contribution in [2.75, 3.05) is 32.8 Å². The lowest BCUT2D eigenvalue weighted by Gasteiger charge is -2.36. The molecule has 0 unspecified atom stereocenters. The van der Waals surface area contributed by atoms with E-state index >= 15 is 0 Å². The average Bonchev–Trinajstić information content (AvgIpc) is 3.36. The predicted molar refractivity (Wildman–Crippen MR) is 180 cm³/mol. The molecule has 51 heavy (non-hydrogen) atoms. The Morgan fingerprint density at radius 2 is 1.65 bits per heavy atom. The number of likely N-dealkylation sites (tertiary alicyclic amines) is 1. The Bertz CT molecular complexity index is 1800. The molecule has 10 nitrogen and oxygen atoms in total. The highest BCUT2D eigenvalue weighted by Crippen LogP contribution is 2.39. The van der Waals surface area contributed by atoms with Crippen LogP contribution < -0.4 is 10.1 Å². The zero-order valence-corrected chi connectivity index (χ0v) is 29.3. The third-order valence-corrected chi connectivity index (χ3v) is 11.3. The van der Waals surface area contributed by atoms with Gasteiger partial charge in [0.1, 0.15) is 17.1 Å². The summed E-state index contributed by atoms with van der Waals surface area (Å²) in [4.78, 5) is 32.6. The maximum atomic E-state index is 13.3. The van der Waals surface area contributed by atoms with Crippen molar-refractivity contribution in [3.8, 4) is 5.75 Å². The minimum Gasteiger partial charge on any atom is -0.494 e. The van der Waals surface area contributed by atoms with Crippen molar-refractivity contribution in [1.29, 1.82) is 0 Å². The highest BCUT2D eigenvalue weighted by molar-refractivity contribution is 7.92. The quantitative estimate of drug-likeness (QED) is 0.250. The van der Waals surface area contributed by atoms with Crippen LogP contribution in [-0.2, 0) is 14.8 Å². The van der Waals surface area contributed by atoms with Gasteiger partial charge in [-0.05, 0) is 99.9 Å². The second-order valence-electron chi connectivity index (χ2n) is 13.7. The molecule has 0 atom stereocenters. The first kappa shape index (κ1) is 38.3. The Balaban J connectivity index is 1.19. The van der Waals surface area contributed by atoms with Crippen LogP contribution in [0.25, 0.3) is 6.08 Å². The fourth-order valence-electron chi connectivity index (χ4n) is 6.44. The van der Waals surface area contributed by atoms with Crippen molar-refractivity contribution in [2.45, 2.75) is 82.5 Å². The molecule has 3 aliphatic heterocycles. The fourth-order valence-corrected chi connectivity index (χ4v) is 7.61. The lowest BCUT2D eigenvalue weighted by molar-refractivity contribution is -0.284. The normalized spacial score (nSPS) is 19.7. The summed E-state index contributed by atoms with van der Waals surface area (Å²) in [7, 11) is -3.89. The Labute approximate surface area is 293 Å². The van der Waals surface area contributed by atoms with E-state index in [1.807, 2.05) is 0 Å². The van der Waals surface area contributed by atoms with Gasteiger partial charge in [0, 0.05) is 49.1 Å². The molecule has 278 valence electrons. The van der Waals surface area contributed by atoms with Crippen molar-refractivity contribution in [2.24, 2.45) is 4.99 Å². The van der Waals surface area contributed by atoms with Gasteiger partial charge >= 0.3 is 12.1 Å². The van der Waals surface area contributed by atoms with Crippen molar-refractivity contribution in [1.82, 2.24) is 14.5 Å². The van der Waals surface area contributed by atoms with E-state index in [9.17, 15) is 45.1 Å². The molecule has 2 amide bonds. The first-order valence-electron chi connectivity index (χ1n) is 16.6. The largest absolute Gasteiger partial charge is 0.494 e. The van der Waals surface area contributed by atoms with Crippen LogP contribution in [0.3, 0.4) is 0 Å². The highest BCUT2D eigenvalue weighted by atomic mass is 32.2. The molecule has 3 heterocycles. The van der Waals surface area contributed by atoms with Crippen molar-refractivity contribution in [3.63, 3.8) is 0 Å². The zero-order chi connectivity index (χ0) is 37.4. The van der Waals surface area contributed by atoms with Gasteiger partial charge < -0.3 is 20.1 Å². The Morgan fingerprint density at radius 1 is 1.02 bits per heavy atom. The smallest absolute Gasteiger partial charge is 0.453 e. The molecule has 3 aliphatic rings. The first-order chi connectivity index (χ1) is 23.7. The molecule has 0 saturated carbocycles. The van der Waals surface area contributed by atoms with Gasteiger partial charge in [-0.3, -0.25) is 14.6 Å². The van der Waals surface area contributed by atoms with Crippen LogP contribution in [-0.4, -0.2) is 96.4 Å². The lowest BCUT2D eigenvalue weighted by Crippen LogP contribution is -2.50. The summed E-state index contributed by atoms with van der Waals surface area (Å²) >= 11 is 0. The number of alkyl halides is 5. The van der Waals surface area contributed by atoms with E-state index in [0.29, 0.717) is 42.6 Å². The number of carbonyl (C=O) groups is 2. The molecular formula is C35H41F5N4O6S. The number of nitrogens with one attached hydrogen (secondary N) is 1. The zero-order valence-electron chi connectivity index (χ0n) is 28.5. The number of nitrogens with zero attached hydrogens (tertiary/aromatic N) is 3. The molecule has 0 aromatic heterocycles. The molecule has 2 fully saturated rings. The van der Waals surface area contributed by atoms with Gasteiger partial charge in [0.2, 0.25) is 10.0 Å². The maximum Gasteiger partial charge on any atom is 0.453 e. The third-order valence-electron chi connectivity index (χ3n) is 9.69. The molecule has 1 spiro atoms. The monoisotopic (exact) mass is 740 g/mol. The van der Waals surface area contributed by atoms with Crippen LogP contribution >= 0.6 is 0 Å². The minimum absolute atomic E-state index is 0.0245. The number of sulfonamides is 1. The standard InChI is InChI=1S/C35H41F5N4O6S/c1-23-20-26(30(45)43-14-10-32(3,47)11-15-43)21-24(2)28(23)8-19-51(48,49)44-16-12-33(13-17-44)31(46)41-29(42-33)25-6-4-7-27(22-25)50-18-5-9-34(36,37)35(38,39)40/h4,6-8,19-22,47H,5,9-18H2,1-3H3,(H,41,42,46)/b19-8+. The molecule has 2 saturated heterocycles. The van der Waals surface area contributed by atoms with Gasteiger partial charge in [0.05, 0.1) is 12.2 Å². The molecule has 0 aliphatic carbocycles. The number of hydrogen-bond acceptors (Lipinski definition) is 7. The molecule has 0 radical (unpaired) electrons. The lowest BCUT2D eigenvalue weighted by atomic mass is 9.89. The second kappa shape index (κ2) is 14.3. The fraction of sp³-hybridized carbons (Fsp3) is 0.514. The van der Waals surface area contributed by atoms with Crippen molar-refractivity contribution in [3.05, 3.63) is 69.6 Å². The number of amidine groups is 1. The number of ether oxygens (including phenoxy) is 1. The van der Waals surface area contributed by atoms with Crippen LogP contribution in [0.15, 0.2) is 46.8 Å². The third kappa shape index (κ3) is 8.60. The molecular weight excluding hydrogens is 699 g/mol. The summed E-state index contributed by atoms with van der Waals surface area (Å²) in [5, 5.41) is 14.1. The molecule has 2 N–H and O–H groups in total. The number of carbonyl (C=O) groups excluding carboxylic acids is 2. The summed E-state index contributed by atoms with van der Waals surface area (Å²) < 4.78 is 96.9. The van der Waals surface area contributed by atoms with Crippen LogP contribution in [0.5, 0.6) is 5.75 Å². The van der Waals surface area contributed by atoms with E-state index in [2.05, 4.69) is 10.3 Å². The number of piperidine rings is 2. The molecule has 2 aromatic carbocycles. The number of aliphatic hydroxyl groups is 1. The topological polar surface area (TPSA) is 129 Å².